The van der Waals surface area contributed by atoms with Gasteiger partial charge in [0.05, 0.1) is 30.4 Å². The molecule has 1 unspecified atom stereocenters. The lowest BCUT2D eigenvalue weighted by Gasteiger charge is -2.15. The molecule has 2 aromatic heterocycles. The van der Waals surface area contributed by atoms with E-state index >= 15 is 0 Å². The van der Waals surface area contributed by atoms with Gasteiger partial charge in [0.15, 0.2) is 5.82 Å². The minimum atomic E-state index is -2.83. The van der Waals surface area contributed by atoms with E-state index in [1.807, 2.05) is 41.8 Å². The molecule has 0 spiro atoms. The van der Waals surface area contributed by atoms with Gasteiger partial charge in [-0.3, -0.25) is 19.1 Å². The van der Waals surface area contributed by atoms with Gasteiger partial charge < -0.3 is 25.3 Å². The van der Waals surface area contributed by atoms with Crippen LogP contribution in [0.15, 0.2) is 71.7 Å². The average Bonchev–Trinajstić information content (AvgIpc) is 3.62. The van der Waals surface area contributed by atoms with Gasteiger partial charge in [0, 0.05) is 34.6 Å². The lowest BCUT2D eigenvalue weighted by molar-refractivity contribution is -0.121. The Morgan fingerprint density at radius 1 is 1.00 bits per heavy atom. The number of amides is 2. The molecule has 3 heterocycles. The summed E-state index contributed by atoms with van der Waals surface area (Å²) in [7, 11) is -1.24. The van der Waals surface area contributed by atoms with Gasteiger partial charge in [0.1, 0.15) is 23.3 Å². The third kappa shape index (κ3) is 6.57. The number of rotatable bonds is 9. The maximum absolute atomic E-state index is 13.3. The van der Waals surface area contributed by atoms with Crippen molar-refractivity contribution in [2.24, 2.45) is 4.99 Å². The first-order valence-electron chi connectivity index (χ1n) is 15.5. The fraction of sp³-hybridized carbons (Fsp3) is 0.235. The summed E-state index contributed by atoms with van der Waals surface area (Å²) in [6.07, 6.45) is -1.39. The van der Waals surface area contributed by atoms with Gasteiger partial charge in [-0.2, -0.15) is 0 Å². The van der Waals surface area contributed by atoms with Crippen LogP contribution in [-0.2, 0) is 4.79 Å². The first kappa shape index (κ1) is 33.6. The monoisotopic (exact) mass is 699 g/mol. The van der Waals surface area contributed by atoms with Crippen LogP contribution in [0.3, 0.4) is 0 Å². The second-order valence-corrected chi connectivity index (χ2v) is 16.2. The van der Waals surface area contributed by atoms with Crippen molar-refractivity contribution in [3.8, 4) is 11.4 Å². The van der Waals surface area contributed by atoms with Crippen molar-refractivity contribution < 1.29 is 29.0 Å². The number of hydrogen-bond acceptors (Lipinski definition) is 8. The maximum atomic E-state index is 13.3. The number of carbonyl (C=O) groups excluding carboxylic acids is 2. The Balaban J connectivity index is 1.20. The average molecular weight is 700 g/mol. The third-order valence-corrected chi connectivity index (χ3v) is 10.3. The number of carboxylic acid groups (broad SMARTS) is 1. The van der Waals surface area contributed by atoms with E-state index in [0.29, 0.717) is 44.2 Å². The van der Waals surface area contributed by atoms with Crippen molar-refractivity contribution >= 4 is 59.6 Å². The van der Waals surface area contributed by atoms with Crippen molar-refractivity contribution in [3.63, 3.8) is 0 Å². The summed E-state index contributed by atoms with van der Waals surface area (Å²) in [5, 5.41) is 25.8. The lowest BCUT2D eigenvalue weighted by atomic mass is 10.00. The molecule has 2 amide bonds. The highest BCUT2D eigenvalue weighted by molar-refractivity contribution is 6.85. The Morgan fingerprint density at radius 3 is 2.43 bits per heavy atom. The van der Waals surface area contributed by atoms with E-state index in [2.05, 4.69) is 20.8 Å². The van der Waals surface area contributed by atoms with Crippen LogP contribution in [0.25, 0.3) is 16.6 Å². The summed E-state index contributed by atoms with van der Waals surface area (Å²) in [6.45, 7) is 5.38. The largest absolute Gasteiger partial charge is 0.497 e. The van der Waals surface area contributed by atoms with Crippen molar-refractivity contribution in [2.75, 3.05) is 20.2 Å². The van der Waals surface area contributed by atoms with E-state index in [-0.39, 0.29) is 31.1 Å². The number of aryl methyl sites for hydroxylation is 1. The number of ether oxygens (including phenoxy) is 1. The number of methoxy groups -OCH3 is 1. The molecule has 4 N–H and O–H groups in total. The number of hydrogen-bond donors (Lipinski definition) is 4. The molecule has 15 heteroatoms. The minimum Gasteiger partial charge on any atom is -0.497 e. The highest BCUT2D eigenvalue weighted by Gasteiger charge is 2.31. The van der Waals surface area contributed by atoms with E-state index in [4.69, 9.17) is 21.3 Å². The second kappa shape index (κ2) is 13.3. The molecule has 6 rings (SSSR count). The maximum Gasteiger partial charge on any atom is 0.416 e. The SMILES string of the molecule is COc1ccc2c(c1)C(c1ccc(Cl)cc1)=NC(CC(=O)NCCNC(=O)c1cc3c([Si](C)(C)O)cccc3n1C(=O)O)c1nnc(C)n1-2. The molecule has 3 aromatic carbocycles. The van der Waals surface area contributed by atoms with Gasteiger partial charge in [-0.05, 0) is 67.7 Å². The molecule has 0 radical (unpaired) electrons. The van der Waals surface area contributed by atoms with Crippen LogP contribution in [0.4, 0.5) is 4.79 Å². The molecule has 1 atom stereocenters. The number of nitrogens with zero attached hydrogens (tertiary/aromatic N) is 5. The molecule has 252 valence electrons. The van der Waals surface area contributed by atoms with Gasteiger partial charge in [-0.1, -0.05) is 35.9 Å². The summed E-state index contributed by atoms with van der Waals surface area (Å²) < 4.78 is 8.30. The van der Waals surface area contributed by atoms with Crippen molar-refractivity contribution in [3.05, 3.63) is 100 Å². The smallest absolute Gasteiger partial charge is 0.416 e. The number of aliphatic imine (C=N–C) groups is 1. The van der Waals surface area contributed by atoms with Crippen LogP contribution >= 0.6 is 11.6 Å². The molecule has 0 bridgehead atoms. The molecule has 0 saturated carbocycles. The van der Waals surface area contributed by atoms with Crippen LogP contribution in [0.2, 0.25) is 18.1 Å². The van der Waals surface area contributed by atoms with E-state index in [1.54, 1.807) is 50.5 Å². The summed E-state index contributed by atoms with van der Waals surface area (Å²) in [5.41, 5.74) is 3.20. The Labute approximate surface area is 287 Å². The zero-order valence-corrected chi connectivity index (χ0v) is 28.9. The van der Waals surface area contributed by atoms with Crippen molar-refractivity contribution in [1.29, 1.82) is 0 Å². The van der Waals surface area contributed by atoms with Gasteiger partial charge in [0.2, 0.25) is 14.2 Å². The highest BCUT2D eigenvalue weighted by atomic mass is 35.5. The number of nitrogens with one attached hydrogen (secondary N) is 2. The fourth-order valence-corrected chi connectivity index (χ4v) is 7.52. The Hall–Kier alpha value is -5.31. The van der Waals surface area contributed by atoms with Crippen LogP contribution in [0, 0.1) is 6.92 Å². The van der Waals surface area contributed by atoms with Gasteiger partial charge >= 0.3 is 6.09 Å². The molecule has 5 aromatic rings. The zero-order valence-electron chi connectivity index (χ0n) is 27.2. The van der Waals surface area contributed by atoms with Gasteiger partial charge in [-0.25, -0.2) is 9.36 Å². The molecular formula is C34H34ClN7O6Si. The molecular weight excluding hydrogens is 666 g/mol. The molecule has 0 saturated heterocycles. The van der Waals surface area contributed by atoms with E-state index < -0.39 is 26.4 Å². The Morgan fingerprint density at radius 2 is 1.73 bits per heavy atom. The topological polar surface area (TPSA) is 173 Å². The Kier molecular flexibility index (Phi) is 9.11. The first-order valence-corrected chi connectivity index (χ1v) is 18.8. The molecule has 49 heavy (non-hydrogen) atoms. The highest BCUT2D eigenvalue weighted by Crippen LogP contribution is 2.34. The zero-order chi connectivity index (χ0) is 35.0. The van der Waals surface area contributed by atoms with E-state index in [1.165, 1.54) is 6.07 Å². The van der Waals surface area contributed by atoms with Crippen molar-refractivity contribution in [2.45, 2.75) is 32.5 Å². The predicted octanol–water partition coefficient (Wildman–Crippen LogP) is 3.95. The number of benzene rings is 3. The summed E-state index contributed by atoms with van der Waals surface area (Å²) in [6, 6.07) is 18.7. The fourth-order valence-electron chi connectivity index (χ4n) is 6.03. The number of fused-ring (bicyclic) bond motifs is 4. The standard InChI is InChI=1S/C34H34ClN7O6Si/c1-19-39-40-32-25(38-31(20-8-10-21(35)11-9-20)24-16-22(48-2)12-13-27(24)41(19)32)18-30(43)36-14-15-37-33(44)28-17-23-26(42(28)34(45)46)6-5-7-29(23)49(3,4)47/h5-13,16-17,25,47H,14-15,18H2,1-4H3,(H,36,43)(H,37,44)(H,45,46). The quantitative estimate of drug-likeness (QED) is 0.132. The molecule has 0 aliphatic carbocycles. The van der Waals surface area contributed by atoms with Crippen LogP contribution in [0.5, 0.6) is 5.75 Å². The normalized spacial score (nSPS) is 14.0. The first-order chi connectivity index (χ1) is 23.4. The summed E-state index contributed by atoms with van der Waals surface area (Å²) in [4.78, 5) is 54.4. The van der Waals surface area contributed by atoms with Crippen molar-refractivity contribution in [1.82, 2.24) is 30.0 Å². The van der Waals surface area contributed by atoms with Crippen LogP contribution in [0.1, 0.15) is 45.7 Å². The van der Waals surface area contributed by atoms with E-state index in [0.717, 1.165) is 21.4 Å². The number of aromatic nitrogens is 4. The van der Waals surface area contributed by atoms with Crippen LogP contribution in [-0.4, -0.2) is 81.4 Å². The van der Waals surface area contributed by atoms with E-state index in [9.17, 15) is 24.3 Å². The predicted molar refractivity (Wildman–Crippen MR) is 187 cm³/mol. The van der Waals surface area contributed by atoms with Crippen LogP contribution < -0.4 is 20.6 Å². The lowest BCUT2D eigenvalue weighted by Crippen LogP contribution is -2.41. The molecule has 1 aliphatic heterocycles. The van der Waals surface area contributed by atoms with Gasteiger partial charge in [-0.15, -0.1) is 10.2 Å². The number of halogens is 1. The molecule has 0 fully saturated rings. The summed E-state index contributed by atoms with van der Waals surface area (Å²) in [5.74, 6) is 0.779. The van der Waals surface area contributed by atoms with Gasteiger partial charge in [0.25, 0.3) is 5.91 Å². The number of carbonyl (C=O) groups is 3. The Bertz CT molecular complexity index is 2140. The molecule has 13 nitrogen and oxygen atoms in total. The molecule has 1 aliphatic rings. The third-order valence-electron chi connectivity index (χ3n) is 8.29. The summed E-state index contributed by atoms with van der Waals surface area (Å²) >= 11 is 6.19. The second-order valence-electron chi connectivity index (χ2n) is 12.1. The minimum absolute atomic E-state index is 0.0311.